The van der Waals surface area contributed by atoms with Gasteiger partial charge in [0.2, 0.25) is 0 Å². The van der Waals surface area contributed by atoms with Crippen molar-refractivity contribution in [3.63, 3.8) is 0 Å². The second-order valence-electron chi connectivity index (χ2n) is 16.8. The van der Waals surface area contributed by atoms with E-state index in [1.165, 1.54) is 4.90 Å². The monoisotopic (exact) mass is 814 g/mol. The molecule has 12 nitrogen and oxygen atoms in total. The molecule has 0 aliphatic carbocycles. The van der Waals surface area contributed by atoms with Crippen LogP contribution >= 0.6 is 0 Å². The predicted molar refractivity (Wildman–Crippen MR) is 223 cm³/mol. The van der Waals surface area contributed by atoms with E-state index in [0.29, 0.717) is 24.2 Å². The normalized spacial score (nSPS) is 16.7. The number of aromatic nitrogens is 3. The largest absolute Gasteiger partial charge is 0.444 e. The van der Waals surface area contributed by atoms with Gasteiger partial charge >= 0.3 is 12.3 Å². The van der Waals surface area contributed by atoms with Crippen LogP contribution in [-0.4, -0.2) is 99.8 Å². The maximum Gasteiger partial charge on any atom is 0.407 e. The molecule has 4 aromatic heterocycles. The standard InChI is InChI=1S/C44H53F3N8O4/c1-27-35(40(56)49-25-36-34-10-8-7-9-32(34)28(2)50-41(36)57)23-37-33(15-18-55(37)39(27)29(3)53-21-19-52(20-22-53)26-44(45,46)47)30-11-12-38(48-24-30)54-16-13-31(14-17-54)51-42(58)59-43(4,5)6/h7-12,15,18,23-24,29,31H,13-14,16-17,19-22,25-26H2,1-6H3,(H,49,56)(H,50,57)(H,51,58). The molecule has 2 saturated heterocycles. The summed E-state index contributed by atoms with van der Waals surface area (Å²) < 4.78 is 47.1. The summed E-state index contributed by atoms with van der Waals surface area (Å²) in [6.07, 6.45) is 0.630. The first kappa shape index (κ1) is 41.7. The first-order valence-electron chi connectivity index (χ1n) is 20.2. The van der Waals surface area contributed by atoms with Gasteiger partial charge in [0.1, 0.15) is 11.4 Å². The molecule has 0 radical (unpaired) electrons. The molecule has 6 heterocycles. The van der Waals surface area contributed by atoms with Crippen molar-refractivity contribution in [2.45, 2.75) is 84.8 Å². The average molecular weight is 815 g/mol. The van der Waals surface area contributed by atoms with E-state index in [9.17, 15) is 27.6 Å². The number of alkyl carbamates (subject to hydrolysis) is 1. The van der Waals surface area contributed by atoms with Crippen LogP contribution in [0.15, 0.2) is 65.7 Å². The van der Waals surface area contributed by atoms with Crippen LogP contribution < -0.4 is 21.1 Å². The van der Waals surface area contributed by atoms with Gasteiger partial charge in [-0.3, -0.25) is 19.4 Å². The van der Waals surface area contributed by atoms with Gasteiger partial charge in [0.25, 0.3) is 11.5 Å². The highest BCUT2D eigenvalue weighted by Gasteiger charge is 2.34. The molecular formula is C44H53F3N8O4. The maximum atomic E-state index is 14.2. The molecule has 59 heavy (non-hydrogen) atoms. The Balaban J connectivity index is 1.16. The lowest BCUT2D eigenvalue weighted by Crippen LogP contribution is -2.49. The zero-order chi connectivity index (χ0) is 42.2. The molecule has 5 aromatic rings. The lowest BCUT2D eigenvalue weighted by atomic mass is 9.98. The van der Waals surface area contributed by atoms with Crippen molar-refractivity contribution in [2.75, 3.05) is 50.7 Å². The third kappa shape index (κ3) is 9.41. The number of benzene rings is 1. The number of nitrogens with one attached hydrogen (secondary N) is 3. The number of aryl methyl sites for hydroxylation is 1. The van der Waals surface area contributed by atoms with Gasteiger partial charge in [-0.25, -0.2) is 9.78 Å². The van der Waals surface area contributed by atoms with E-state index < -0.39 is 24.4 Å². The van der Waals surface area contributed by atoms with E-state index in [1.54, 1.807) is 0 Å². The summed E-state index contributed by atoms with van der Waals surface area (Å²) in [7, 11) is 0. The molecule has 0 bridgehead atoms. The SMILES string of the molecule is Cc1c(C(=O)NCc2c(=O)[nH]c(C)c3ccccc23)cc2c(-c3ccc(N4CCC(NC(=O)OC(C)(C)C)CC4)nc3)ccn2c1C(C)N1CCN(CC(F)(F)F)CC1. The highest BCUT2D eigenvalue weighted by atomic mass is 19.4. The highest BCUT2D eigenvalue weighted by molar-refractivity contribution is 5.99. The van der Waals surface area contributed by atoms with Crippen molar-refractivity contribution in [1.82, 2.24) is 34.8 Å². The van der Waals surface area contributed by atoms with Gasteiger partial charge in [-0.15, -0.1) is 0 Å². The van der Waals surface area contributed by atoms with Gasteiger partial charge in [-0.2, -0.15) is 13.2 Å². The van der Waals surface area contributed by atoms with E-state index >= 15 is 0 Å². The van der Waals surface area contributed by atoms with Crippen LogP contribution in [0.25, 0.3) is 27.4 Å². The molecule has 0 spiro atoms. The van der Waals surface area contributed by atoms with Gasteiger partial charge in [-0.05, 0) is 89.6 Å². The van der Waals surface area contributed by atoms with Crippen molar-refractivity contribution in [3.8, 4) is 11.1 Å². The summed E-state index contributed by atoms with van der Waals surface area (Å²) in [5, 5.41) is 7.67. The third-order valence-electron chi connectivity index (χ3n) is 11.5. The topological polar surface area (TPSA) is 127 Å². The summed E-state index contributed by atoms with van der Waals surface area (Å²) in [4.78, 5) is 53.2. The fourth-order valence-electron chi connectivity index (χ4n) is 8.50. The molecule has 15 heteroatoms. The van der Waals surface area contributed by atoms with Gasteiger partial charge < -0.3 is 29.7 Å². The third-order valence-corrected chi connectivity index (χ3v) is 11.5. The quantitative estimate of drug-likeness (QED) is 0.144. The number of aromatic amines is 1. The number of piperazine rings is 1. The number of halogens is 3. The number of rotatable bonds is 9. The Morgan fingerprint density at radius 1 is 0.966 bits per heavy atom. The molecule has 2 aliphatic heterocycles. The molecule has 2 amide bonds. The fourth-order valence-corrected chi connectivity index (χ4v) is 8.50. The second kappa shape index (κ2) is 16.7. The summed E-state index contributed by atoms with van der Waals surface area (Å²) >= 11 is 0. The molecule has 2 aliphatic rings. The average Bonchev–Trinajstić information content (AvgIpc) is 3.60. The molecule has 1 unspecified atom stereocenters. The van der Waals surface area contributed by atoms with Crippen LogP contribution in [0.1, 0.15) is 79.5 Å². The van der Waals surface area contributed by atoms with Gasteiger partial charge in [0.15, 0.2) is 0 Å². The number of carbonyl (C=O) groups excluding carboxylic acids is 2. The highest BCUT2D eigenvalue weighted by Crippen LogP contribution is 2.35. The lowest BCUT2D eigenvalue weighted by Gasteiger charge is -2.39. The Labute approximate surface area is 341 Å². The Morgan fingerprint density at radius 2 is 1.66 bits per heavy atom. The van der Waals surface area contributed by atoms with Crippen LogP contribution in [0.4, 0.5) is 23.8 Å². The number of ether oxygens (including phenoxy) is 1. The number of amides is 2. The van der Waals surface area contributed by atoms with E-state index in [1.807, 2.05) is 102 Å². The molecule has 0 saturated carbocycles. The number of hydrogen-bond acceptors (Lipinski definition) is 8. The fraction of sp³-hybridized carbons (Fsp3) is 0.455. The molecule has 1 atom stereocenters. The Bertz CT molecular complexity index is 2390. The van der Waals surface area contributed by atoms with Crippen LogP contribution in [0.2, 0.25) is 0 Å². The second-order valence-corrected chi connectivity index (χ2v) is 16.8. The number of alkyl halides is 3. The predicted octanol–water partition coefficient (Wildman–Crippen LogP) is 7.12. The van der Waals surface area contributed by atoms with Crippen molar-refractivity contribution in [3.05, 3.63) is 99.4 Å². The summed E-state index contributed by atoms with van der Waals surface area (Å²) in [5.41, 5.74) is 4.91. The molecular weight excluding hydrogens is 762 g/mol. The number of fused-ring (bicyclic) bond motifs is 2. The number of anilines is 1. The number of H-pyrrole nitrogens is 1. The summed E-state index contributed by atoms with van der Waals surface area (Å²) in [6.45, 7) is 13.2. The van der Waals surface area contributed by atoms with Crippen LogP contribution in [0, 0.1) is 13.8 Å². The minimum Gasteiger partial charge on any atom is -0.444 e. The summed E-state index contributed by atoms with van der Waals surface area (Å²) in [5.74, 6) is 0.476. The first-order chi connectivity index (χ1) is 28.0. The van der Waals surface area contributed by atoms with E-state index in [-0.39, 0.29) is 43.2 Å². The molecule has 2 fully saturated rings. The molecule has 314 valence electrons. The van der Waals surface area contributed by atoms with Crippen molar-refractivity contribution in [1.29, 1.82) is 0 Å². The zero-order valence-corrected chi connectivity index (χ0v) is 34.5. The Kier molecular flexibility index (Phi) is 11.8. The Hall–Kier alpha value is -5.41. The van der Waals surface area contributed by atoms with Crippen LogP contribution in [-0.2, 0) is 11.3 Å². The van der Waals surface area contributed by atoms with Gasteiger partial charge in [0.05, 0.1) is 12.1 Å². The van der Waals surface area contributed by atoms with E-state index in [4.69, 9.17) is 9.72 Å². The van der Waals surface area contributed by atoms with Crippen LogP contribution in [0.3, 0.4) is 0 Å². The number of piperidine rings is 1. The smallest absolute Gasteiger partial charge is 0.407 e. The summed E-state index contributed by atoms with van der Waals surface area (Å²) in [6, 6.07) is 15.2. The minimum absolute atomic E-state index is 0.0131. The number of hydrogen-bond donors (Lipinski definition) is 3. The lowest BCUT2D eigenvalue weighted by molar-refractivity contribution is -0.149. The van der Waals surface area contributed by atoms with E-state index in [0.717, 1.165) is 76.1 Å². The molecule has 1 aromatic carbocycles. The number of carbonyl (C=O) groups is 2. The maximum absolute atomic E-state index is 14.2. The minimum atomic E-state index is -4.26. The van der Waals surface area contributed by atoms with Gasteiger partial charge in [0, 0.05) is 109 Å². The molecule has 3 N–H and O–H groups in total. The van der Waals surface area contributed by atoms with E-state index in [2.05, 4.69) is 29.8 Å². The van der Waals surface area contributed by atoms with Crippen molar-refractivity contribution in [2.24, 2.45) is 0 Å². The van der Waals surface area contributed by atoms with Crippen molar-refractivity contribution < 1.29 is 27.5 Å². The van der Waals surface area contributed by atoms with Crippen molar-refractivity contribution >= 4 is 34.1 Å². The Morgan fingerprint density at radius 3 is 2.31 bits per heavy atom. The zero-order valence-electron chi connectivity index (χ0n) is 34.5. The first-order valence-corrected chi connectivity index (χ1v) is 20.2. The number of pyridine rings is 3. The molecule has 7 rings (SSSR count). The number of nitrogens with zero attached hydrogens (tertiary/aromatic N) is 5. The van der Waals surface area contributed by atoms with Crippen LogP contribution in [0.5, 0.6) is 0 Å². The van der Waals surface area contributed by atoms with Gasteiger partial charge in [-0.1, -0.05) is 24.3 Å².